The lowest BCUT2D eigenvalue weighted by Gasteiger charge is -2.31. The molecule has 1 amide bonds. The van der Waals surface area contributed by atoms with Crippen molar-refractivity contribution in [3.8, 4) is 0 Å². The molecule has 0 bridgehead atoms. The number of hydrogen-bond donors (Lipinski definition) is 3. The number of fused-ring (bicyclic) bond motifs is 1. The van der Waals surface area contributed by atoms with Crippen molar-refractivity contribution < 1.29 is 13.2 Å². The Hall–Kier alpha value is -3.43. The Labute approximate surface area is 199 Å². The van der Waals surface area contributed by atoms with Gasteiger partial charge >= 0.3 is 0 Å². The molecule has 1 atom stereocenters. The van der Waals surface area contributed by atoms with Crippen LogP contribution in [0.5, 0.6) is 0 Å². The van der Waals surface area contributed by atoms with Gasteiger partial charge in [0.15, 0.2) is 5.96 Å². The summed E-state index contributed by atoms with van der Waals surface area (Å²) in [5, 5.41) is 1.43. The first kappa shape index (κ1) is 23.7. The molecule has 0 radical (unpaired) electrons. The molecule has 8 nitrogen and oxygen atoms in total. The highest BCUT2D eigenvalue weighted by Gasteiger charge is 2.31. The molecule has 5 N–H and O–H groups in total. The van der Waals surface area contributed by atoms with Crippen LogP contribution in [0, 0.1) is 0 Å². The van der Waals surface area contributed by atoms with Gasteiger partial charge in [-0.3, -0.25) is 4.79 Å². The number of benzene rings is 3. The van der Waals surface area contributed by atoms with E-state index in [1.54, 1.807) is 53.4 Å². The SMILES string of the molecule is NC(N)=Nc1ccc(C[C@H](NS(=O)(=O)c2cccc3ccccc23)C(=O)N2CCCCC2)cc1. The number of guanidine groups is 1. The lowest BCUT2D eigenvalue weighted by Crippen LogP contribution is -2.50. The standard InChI is InChI=1S/C25H29N5O3S/c26-25(27)28-20-13-11-18(12-14-20)17-22(24(31)30-15-4-1-5-16-30)29-34(32,33)23-10-6-8-19-7-2-3-9-21(19)23/h2-3,6-14,22,29H,1,4-5,15-17H2,(H4,26,27,28)/t22-/m0/s1. The largest absolute Gasteiger partial charge is 0.370 e. The summed E-state index contributed by atoms with van der Waals surface area (Å²) in [6.45, 7) is 1.27. The van der Waals surface area contributed by atoms with Crippen molar-refractivity contribution in [1.82, 2.24) is 9.62 Å². The van der Waals surface area contributed by atoms with E-state index in [1.807, 2.05) is 18.2 Å². The first-order valence-electron chi connectivity index (χ1n) is 11.3. The Morgan fingerprint density at radius 2 is 1.62 bits per heavy atom. The molecule has 1 aliphatic rings. The molecule has 1 aliphatic heterocycles. The Morgan fingerprint density at radius 1 is 0.941 bits per heavy atom. The quantitative estimate of drug-likeness (QED) is 0.354. The van der Waals surface area contributed by atoms with Gasteiger partial charge in [-0.25, -0.2) is 13.4 Å². The summed E-state index contributed by atoms with van der Waals surface area (Å²) >= 11 is 0. The van der Waals surface area contributed by atoms with E-state index >= 15 is 0 Å². The summed E-state index contributed by atoms with van der Waals surface area (Å²) < 4.78 is 29.7. The van der Waals surface area contributed by atoms with Crippen molar-refractivity contribution in [2.24, 2.45) is 16.5 Å². The first-order chi connectivity index (χ1) is 16.3. The monoisotopic (exact) mass is 479 g/mol. The van der Waals surface area contributed by atoms with E-state index in [2.05, 4.69) is 9.71 Å². The highest BCUT2D eigenvalue weighted by atomic mass is 32.2. The Morgan fingerprint density at radius 3 is 2.32 bits per heavy atom. The van der Waals surface area contributed by atoms with Crippen LogP contribution in [-0.2, 0) is 21.2 Å². The summed E-state index contributed by atoms with van der Waals surface area (Å²) in [6.07, 6.45) is 3.12. The number of rotatable bonds is 7. The van der Waals surface area contributed by atoms with E-state index in [4.69, 9.17) is 11.5 Å². The minimum absolute atomic E-state index is 0.0475. The number of nitrogens with zero attached hydrogens (tertiary/aromatic N) is 2. The number of aliphatic imine (C=N–C) groups is 1. The van der Waals surface area contributed by atoms with Crippen molar-refractivity contribution in [1.29, 1.82) is 0 Å². The zero-order chi connectivity index (χ0) is 24.1. The molecular formula is C25H29N5O3S. The fourth-order valence-electron chi connectivity index (χ4n) is 4.29. The summed E-state index contributed by atoms with van der Waals surface area (Å²) in [7, 11) is -3.97. The van der Waals surface area contributed by atoms with Crippen LogP contribution in [0.4, 0.5) is 5.69 Å². The van der Waals surface area contributed by atoms with E-state index in [9.17, 15) is 13.2 Å². The molecule has 0 saturated carbocycles. The van der Waals surface area contributed by atoms with Crippen LogP contribution in [-0.4, -0.2) is 44.3 Å². The second kappa shape index (κ2) is 10.2. The highest BCUT2D eigenvalue weighted by molar-refractivity contribution is 7.89. The van der Waals surface area contributed by atoms with E-state index in [1.165, 1.54) is 0 Å². The van der Waals surface area contributed by atoms with Crippen molar-refractivity contribution >= 4 is 38.3 Å². The van der Waals surface area contributed by atoms with Crippen LogP contribution in [0.1, 0.15) is 24.8 Å². The van der Waals surface area contributed by atoms with Crippen molar-refractivity contribution in [3.05, 3.63) is 72.3 Å². The third-order valence-corrected chi connectivity index (χ3v) is 7.47. The van der Waals surface area contributed by atoms with Crippen molar-refractivity contribution in [2.75, 3.05) is 13.1 Å². The Bertz CT molecular complexity index is 1290. The third-order valence-electron chi connectivity index (χ3n) is 5.94. The van der Waals surface area contributed by atoms with Crippen LogP contribution in [0.3, 0.4) is 0 Å². The van der Waals surface area contributed by atoms with Gasteiger partial charge in [0.25, 0.3) is 0 Å². The molecule has 0 aromatic heterocycles. The molecule has 3 aromatic carbocycles. The average Bonchev–Trinajstić information content (AvgIpc) is 2.84. The molecule has 1 saturated heterocycles. The Kier molecular flexibility index (Phi) is 7.14. The molecule has 34 heavy (non-hydrogen) atoms. The van der Waals surface area contributed by atoms with Crippen LogP contribution in [0.15, 0.2) is 76.6 Å². The van der Waals surface area contributed by atoms with Gasteiger partial charge in [0.05, 0.1) is 10.6 Å². The smallest absolute Gasteiger partial charge is 0.241 e. The number of nitrogens with one attached hydrogen (secondary N) is 1. The molecule has 0 spiro atoms. The van der Waals surface area contributed by atoms with Gasteiger partial charge < -0.3 is 16.4 Å². The van der Waals surface area contributed by atoms with Gasteiger partial charge in [-0.2, -0.15) is 4.72 Å². The van der Waals surface area contributed by atoms with Crippen LogP contribution in [0.25, 0.3) is 10.8 Å². The zero-order valence-corrected chi connectivity index (χ0v) is 19.7. The predicted molar refractivity (Wildman–Crippen MR) is 134 cm³/mol. The van der Waals surface area contributed by atoms with Gasteiger partial charge in [0.1, 0.15) is 6.04 Å². The molecule has 9 heteroatoms. The van der Waals surface area contributed by atoms with Gasteiger partial charge in [0, 0.05) is 18.5 Å². The summed E-state index contributed by atoms with van der Waals surface area (Å²) in [5.41, 5.74) is 12.2. The maximum Gasteiger partial charge on any atom is 0.241 e. The summed E-state index contributed by atoms with van der Waals surface area (Å²) in [4.78, 5) is 19.3. The topological polar surface area (TPSA) is 131 Å². The average molecular weight is 480 g/mol. The Balaban J connectivity index is 1.64. The van der Waals surface area contributed by atoms with E-state index < -0.39 is 16.1 Å². The summed E-state index contributed by atoms with van der Waals surface area (Å²) in [5.74, 6) is -0.259. The number of carbonyl (C=O) groups excluding carboxylic acids is 1. The highest BCUT2D eigenvalue weighted by Crippen LogP contribution is 2.24. The molecular weight excluding hydrogens is 450 g/mol. The predicted octanol–water partition coefficient (Wildman–Crippen LogP) is 2.65. The molecule has 4 rings (SSSR count). The maximum atomic E-state index is 13.5. The van der Waals surface area contributed by atoms with Crippen molar-refractivity contribution in [3.63, 3.8) is 0 Å². The van der Waals surface area contributed by atoms with Gasteiger partial charge in [-0.15, -0.1) is 0 Å². The third kappa shape index (κ3) is 5.55. The van der Waals surface area contributed by atoms with Crippen molar-refractivity contribution in [2.45, 2.75) is 36.6 Å². The molecule has 0 aliphatic carbocycles. The fraction of sp³-hybridized carbons (Fsp3) is 0.280. The number of nitrogens with two attached hydrogens (primary N) is 2. The van der Waals surface area contributed by atoms with E-state index in [-0.39, 0.29) is 23.2 Å². The van der Waals surface area contributed by atoms with Crippen LogP contribution >= 0.6 is 0 Å². The van der Waals surface area contributed by atoms with Gasteiger partial charge in [-0.1, -0.05) is 48.5 Å². The molecule has 1 fully saturated rings. The lowest BCUT2D eigenvalue weighted by atomic mass is 10.0. The molecule has 3 aromatic rings. The van der Waals surface area contributed by atoms with E-state index in [0.717, 1.165) is 30.2 Å². The molecule has 178 valence electrons. The number of piperidine rings is 1. The number of sulfonamides is 1. The fourth-order valence-corrected chi connectivity index (χ4v) is 5.71. The zero-order valence-electron chi connectivity index (χ0n) is 18.9. The van der Waals surface area contributed by atoms with Gasteiger partial charge in [-0.05, 0) is 54.8 Å². The summed E-state index contributed by atoms with van der Waals surface area (Å²) in [6, 6.07) is 18.6. The molecule has 1 heterocycles. The number of likely N-dealkylation sites (tertiary alicyclic amines) is 1. The second-order valence-electron chi connectivity index (χ2n) is 8.44. The van der Waals surface area contributed by atoms with Gasteiger partial charge in [0.2, 0.25) is 15.9 Å². The van der Waals surface area contributed by atoms with Crippen LogP contribution < -0.4 is 16.2 Å². The molecule has 0 unspecified atom stereocenters. The minimum Gasteiger partial charge on any atom is -0.370 e. The van der Waals surface area contributed by atoms with E-state index in [0.29, 0.717) is 24.2 Å². The maximum absolute atomic E-state index is 13.5. The number of amides is 1. The lowest BCUT2D eigenvalue weighted by molar-refractivity contribution is -0.133. The van der Waals surface area contributed by atoms with Crippen LogP contribution in [0.2, 0.25) is 0 Å². The first-order valence-corrected chi connectivity index (χ1v) is 12.8. The minimum atomic E-state index is -3.97. The number of carbonyl (C=O) groups is 1. The normalized spacial score (nSPS) is 15.1. The second-order valence-corrected chi connectivity index (χ2v) is 10.1. The number of hydrogen-bond acceptors (Lipinski definition) is 4.